The molecule has 89 heavy (non-hydrogen) atoms. The minimum atomic E-state index is -5.17. The molecule has 0 radical (unpaired) electrons. The quantitative estimate of drug-likeness (QED) is 0.00577. The van der Waals surface area contributed by atoms with E-state index >= 15 is 0 Å². The second-order valence-corrected chi connectivity index (χ2v) is 26.5. The number of aromatic hydroxyl groups is 2. The van der Waals surface area contributed by atoms with Gasteiger partial charge in [-0.15, -0.1) is 43.7 Å². The Morgan fingerprint density at radius 1 is 0.719 bits per heavy atom. The first-order valence-corrected chi connectivity index (χ1v) is 33.4. The molecule has 0 amide bonds. The van der Waals surface area contributed by atoms with Crippen LogP contribution in [0.15, 0.2) is 111 Å². The van der Waals surface area contributed by atoms with E-state index in [1.54, 1.807) is 29.2 Å². The lowest BCUT2D eigenvalue weighted by Crippen LogP contribution is -2.27. The van der Waals surface area contributed by atoms with Crippen LogP contribution in [0.5, 0.6) is 23.1 Å². The molecule has 476 valence electrons. The zero-order valence-corrected chi connectivity index (χ0v) is 51.8. The van der Waals surface area contributed by atoms with Gasteiger partial charge in [0.15, 0.2) is 27.7 Å². The molecule has 9 N–H and O–H groups in total. The molecule has 0 aliphatic carbocycles. The van der Waals surface area contributed by atoms with Crippen LogP contribution < -0.4 is 14.4 Å². The van der Waals surface area contributed by atoms with E-state index in [0.717, 1.165) is 19.2 Å². The number of pyridine rings is 1. The van der Waals surface area contributed by atoms with Gasteiger partial charge < -0.3 is 24.6 Å². The number of hydrogen-bond acceptors (Lipinski definition) is 35. The largest absolute Gasteiger partial charge is 0.505 e. The summed E-state index contributed by atoms with van der Waals surface area (Å²) in [7, 11) is -16.1. The fraction of sp³-hybridized carbons (Fsp3) is 0.222. The van der Waals surface area contributed by atoms with E-state index in [1.165, 1.54) is 42.7 Å². The number of ether oxygens (including phenoxy) is 2. The lowest BCUT2D eigenvalue weighted by molar-refractivity contribution is -0.432. The summed E-state index contributed by atoms with van der Waals surface area (Å²) in [6.07, 6.45) is 0.726. The maximum atomic E-state index is 13.0. The summed E-state index contributed by atoms with van der Waals surface area (Å²) >= 11 is 1.90. The Hall–Kier alpha value is -7.18. The zero-order valence-electron chi connectivity index (χ0n) is 45.3. The number of thiazole rings is 1. The smallest absolute Gasteiger partial charge is 0.299 e. The van der Waals surface area contributed by atoms with E-state index in [0.29, 0.717) is 52.7 Å². The Balaban J connectivity index is 0.00000217. The van der Waals surface area contributed by atoms with Crippen molar-refractivity contribution in [3.05, 3.63) is 71.8 Å². The number of phenols is 1. The van der Waals surface area contributed by atoms with Crippen molar-refractivity contribution in [1.82, 2.24) is 14.4 Å². The Kier molecular flexibility index (Phi) is 23.1. The lowest BCUT2D eigenvalue weighted by atomic mass is 10.1. The summed E-state index contributed by atoms with van der Waals surface area (Å²) in [4.78, 5) is 8.41. The molecule has 0 unspecified atom stereocenters. The number of benzene rings is 5. The molecule has 36 nitrogen and oxygen atoms in total. The third-order valence-electron chi connectivity index (χ3n) is 11.7. The zero-order chi connectivity index (χ0) is 65.2. The number of nitriles is 1. The summed E-state index contributed by atoms with van der Waals surface area (Å²) in [5.41, 5.74) is -0.591. The molecule has 5 aromatic carbocycles. The summed E-state index contributed by atoms with van der Waals surface area (Å²) in [6, 6.07) is 15.7. The van der Waals surface area contributed by atoms with Crippen LogP contribution in [0.3, 0.4) is 0 Å². The number of hydrogen-bond donors (Lipinski definition) is 9. The van der Waals surface area contributed by atoms with Crippen LogP contribution in [0.25, 0.3) is 37.7 Å². The van der Waals surface area contributed by atoms with Crippen molar-refractivity contribution in [1.29, 1.82) is 5.26 Å². The van der Waals surface area contributed by atoms with Crippen LogP contribution in [-0.4, -0.2) is 137 Å². The number of rotatable bonds is 27. The molecule has 0 aliphatic heterocycles. The molecule has 3 heterocycles. The van der Waals surface area contributed by atoms with Gasteiger partial charge in [0.1, 0.15) is 45.0 Å². The molecule has 0 saturated carbocycles. The van der Waals surface area contributed by atoms with Gasteiger partial charge >= 0.3 is 0 Å². The number of imidazole rings is 1. The Labute approximate surface area is 517 Å². The van der Waals surface area contributed by atoms with E-state index < -0.39 is 84.8 Å². The molecule has 44 heteroatoms. The minimum absolute atomic E-state index is 0.0101. The third kappa shape index (κ3) is 17.2. The monoisotopic (exact) mass is 1390 g/mol. The second kappa shape index (κ2) is 29.6. The number of fused-ring (bicyclic) bond motifs is 5. The van der Waals surface area contributed by atoms with Crippen LogP contribution in [0.2, 0.25) is 0 Å². The van der Waals surface area contributed by atoms with Crippen molar-refractivity contribution >= 4 is 165 Å². The van der Waals surface area contributed by atoms with Crippen LogP contribution >= 0.6 is 47.5 Å². The Morgan fingerprint density at radius 3 is 1.99 bits per heavy atom. The molecule has 8 aromatic rings. The third-order valence-corrected chi connectivity index (χ3v) is 17.3. The molecule has 0 aliphatic rings. The molecule has 0 saturated heterocycles. The lowest BCUT2D eigenvalue weighted by Gasteiger charge is -2.26. The normalized spacial score (nSPS) is 12.5. The van der Waals surface area contributed by atoms with Crippen molar-refractivity contribution < 1.29 is 115 Å². The maximum Gasteiger partial charge on any atom is 0.299 e. The summed E-state index contributed by atoms with van der Waals surface area (Å²) in [5.74, 6) is -2.37. The maximum absolute atomic E-state index is 13.0. The van der Waals surface area contributed by atoms with Gasteiger partial charge in [-0.1, -0.05) is 38.6 Å². The van der Waals surface area contributed by atoms with Gasteiger partial charge in [0.2, 0.25) is 11.0 Å². The van der Waals surface area contributed by atoms with E-state index in [1.807, 2.05) is 6.07 Å². The number of phenolic OH excluding ortho intramolecular Hbond substituents is 1. The average molecular weight is 1390 g/mol. The van der Waals surface area contributed by atoms with Crippen molar-refractivity contribution in [2.45, 2.75) is 39.3 Å². The van der Waals surface area contributed by atoms with Crippen molar-refractivity contribution in [3.8, 4) is 29.2 Å². The number of para-hydroxylation sites is 2. The average Bonchev–Trinajstić information content (AvgIpc) is 1.83. The minimum Gasteiger partial charge on any atom is -0.505 e. The highest BCUT2D eigenvalue weighted by Gasteiger charge is 2.29. The van der Waals surface area contributed by atoms with E-state index in [9.17, 15) is 68.1 Å². The van der Waals surface area contributed by atoms with Crippen LogP contribution in [-0.2, 0) is 68.6 Å². The predicted octanol–water partition coefficient (Wildman–Crippen LogP) is 10.5. The van der Waals surface area contributed by atoms with Gasteiger partial charge in [-0.25, -0.2) is 25.7 Å². The number of methoxy groups -OCH3 is 2. The molecule has 0 bridgehead atoms. The number of nitrogens with zero attached hydrogens (tertiary/aromatic N) is 11. The fourth-order valence-electron chi connectivity index (χ4n) is 8.24. The van der Waals surface area contributed by atoms with Crippen LogP contribution in [0, 0.1) is 18.3 Å². The molecule has 8 rings (SSSR count). The molecule has 0 atom stereocenters. The first kappa shape index (κ1) is 69.3. The standard InChI is InChI=1S/C44H39N11O22S7.CH4O3S/c1-21-24(20-45)42-46-25-8-4-5-9-30(25)55(42)43(57)36(21)51-50-28-16-23-22(15-35(28)83(64,65)66)14-33(80-76-73-59)37(38(23)56)52-48-26-18-32(70-2)27(17-31(26)54(10-6-12-78-75-72-58)11-7-13-82(61,62)63)49-53-44-47-29-19-34(81-77-74-60)39(71-3)41(40(29)79-44)84(67,68)69;1-5(2,3)4/h4-5,8-9,14-19,56-60H,6-7,10-13H2,1-3H3,(H,61,62,63)(H,64,65,66)(H,67,68,69);1H3,(H,2,3,4). The second-order valence-electron chi connectivity index (χ2n) is 17.4. The van der Waals surface area contributed by atoms with Gasteiger partial charge in [-0.05, 0) is 67.6 Å². The highest BCUT2D eigenvalue weighted by Crippen LogP contribution is 2.50. The number of azo groups is 3. The summed E-state index contributed by atoms with van der Waals surface area (Å²) < 4.78 is 157. The van der Waals surface area contributed by atoms with Crippen molar-refractivity contribution in [3.63, 3.8) is 0 Å². The van der Waals surface area contributed by atoms with E-state index in [4.69, 9.17) is 24.5 Å². The van der Waals surface area contributed by atoms with Gasteiger partial charge in [0.25, 0.3) is 40.5 Å². The molecular formula is C45H43N11O25S8. The predicted molar refractivity (Wildman–Crippen MR) is 315 cm³/mol. The molecule has 0 spiro atoms. The first-order chi connectivity index (χ1) is 42.0. The SMILES string of the molecule is COc1cc(N=Nc2c(SOOO)cc3cc(S(=O)(=O)O)c(N=Nc4c(C)c(C#N)c5nc6ccccc6n5c4O)cc3c2O)c(N(CCCSOOO)CCCS(=O)(=O)O)cc1N=Nc1nc2cc(SOOO)c(OC)c(S(=O)(=O)O)c2s1.CS(=O)(=O)O. The van der Waals surface area contributed by atoms with Gasteiger partial charge in [-0.2, -0.15) is 38.9 Å². The topological polar surface area (TPSA) is 524 Å². The summed E-state index contributed by atoms with van der Waals surface area (Å²) in [5, 5.41) is 96.4. The van der Waals surface area contributed by atoms with E-state index in [-0.39, 0.29) is 125 Å². The van der Waals surface area contributed by atoms with E-state index in [2.05, 4.69) is 68.8 Å². The number of anilines is 1. The first-order valence-electron chi connectivity index (χ1n) is 23.9. The van der Waals surface area contributed by atoms with Crippen molar-refractivity contribution in [2.75, 3.05) is 50.0 Å². The van der Waals surface area contributed by atoms with Crippen LogP contribution in [0.1, 0.15) is 24.0 Å². The highest BCUT2D eigenvalue weighted by atomic mass is 32.2. The van der Waals surface area contributed by atoms with Gasteiger partial charge in [-0.3, -0.25) is 22.6 Å². The van der Waals surface area contributed by atoms with Crippen molar-refractivity contribution in [2.24, 2.45) is 30.7 Å². The van der Waals surface area contributed by atoms with Crippen LogP contribution in [0.4, 0.5) is 39.3 Å². The molecule has 3 aromatic heterocycles. The Morgan fingerprint density at radius 2 is 1.36 bits per heavy atom. The Bertz CT molecular complexity index is 4600. The fourth-order valence-corrected chi connectivity index (χ4v) is 12.8. The van der Waals surface area contributed by atoms with Gasteiger partial charge in [0.05, 0.1) is 87.0 Å². The molecule has 0 fully saturated rings. The highest BCUT2D eigenvalue weighted by molar-refractivity contribution is 7.95. The summed E-state index contributed by atoms with van der Waals surface area (Å²) in [6.45, 7) is 1.33. The van der Waals surface area contributed by atoms with Gasteiger partial charge in [0, 0.05) is 47.9 Å². The number of aromatic nitrogens is 3. The molecular weight excluding hydrogens is 1350 g/mol.